The second kappa shape index (κ2) is 7.66. The summed E-state index contributed by atoms with van der Waals surface area (Å²) in [5.41, 5.74) is 1.08. The molecular formula is C20H23N5O. The molecule has 0 spiro atoms. The summed E-state index contributed by atoms with van der Waals surface area (Å²) in [5.74, 6) is 1.71. The van der Waals surface area contributed by atoms with Crippen LogP contribution in [0.15, 0.2) is 55.1 Å². The number of rotatable bonds is 6. The number of imidazole rings is 1. The molecule has 0 aliphatic carbocycles. The van der Waals surface area contributed by atoms with Crippen LogP contribution in [0.25, 0.3) is 11.4 Å². The minimum Gasteiger partial charge on any atom is -0.424 e. The first-order valence-corrected chi connectivity index (χ1v) is 9.06. The van der Waals surface area contributed by atoms with Gasteiger partial charge in [0.2, 0.25) is 0 Å². The molecule has 1 unspecified atom stereocenters. The molecular weight excluding hydrogens is 326 g/mol. The van der Waals surface area contributed by atoms with Gasteiger partial charge in [-0.1, -0.05) is 0 Å². The molecule has 0 radical (unpaired) electrons. The van der Waals surface area contributed by atoms with Gasteiger partial charge < -0.3 is 14.2 Å². The number of hydrogen-bond acceptors (Lipinski definition) is 5. The van der Waals surface area contributed by atoms with Crippen LogP contribution in [0.3, 0.4) is 0 Å². The van der Waals surface area contributed by atoms with E-state index in [9.17, 15) is 0 Å². The predicted molar refractivity (Wildman–Crippen MR) is 100 cm³/mol. The molecule has 1 saturated heterocycles. The SMILES string of the molecule is CN1CCCC1CCn1ccnc1-c1ccc(Oc2ncccn2)cc1. The van der Waals surface area contributed by atoms with Crippen molar-refractivity contribution in [1.29, 1.82) is 0 Å². The Morgan fingerprint density at radius 3 is 2.62 bits per heavy atom. The van der Waals surface area contributed by atoms with Crippen LogP contribution in [0.1, 0.15) is 19.3 Å². The van der Waals surface area contributed by atoms with E-state index < -0.39 is 0 Å². The van der Waals surface area contributed by atoms with Gasteiger partial charge in [-0.25, -0.2) is 15.0 Å². The quantitative estimate of drug-likeness (QED) is 0.680. The van der Waals surface area contributed by atoms with Gasteiger partial charge in [-0.15, -0.1) is 0 Å². The van der Waals surface area contributed by atoms with Gasteiger partial charge in [-0.05, 0) is 63.2 Å². The number of aryl methyl sites for hydroxylation is 1. The van der Waals surface area contributed by atoms with E-state index in [2.05, 4.69) is 37.7 Å². The summed E-state index contributed by atoms with van der Waals surface area (Å²) in [7, 11) is 2.22. The van der Waals surface area contributed by atoms with Crippen molar-refractivity contribution in [1.82, 2.24) is 24.4 Å². The van der Waals surface area contributed by atoms with Gasteiger partial charge in [0.25, 0.3) is 0 Å². The third-order valence-electron chi connectivity index (χ3n) is 4.95. The molecule has 0 bridgehead atoms. The van der Waals surface area contributed by atoms with Gasteiger partial charge in [0, 0.05) is 42.9 Å². The zero-order valence-electron chi connectivity index (χ0n) is 15.0. The number of aromatic nitrogens is 4. The Morgan fingerprint density at radius 1 is 1.08 bits per heavy atom. The first-order chi connectivity index (χ1) is 12.8. The van der Waals surface area contributed by atoms with E-state index in [0.717, 1.165) is 24.4 Å². The lowest BCUT2D eigenvalue weighted by Gasteiger charge is -2.20. The van der Waals surface area contributed by atoms with Crippen molar-refractivity contribution in [2.45, 2.75) is 31.8 Å². The molecule has 4 rings (SSSR count). The fraction of sp³-hybridized carbons (Fsp3) is 0.350. The summed E-state index contributed by atoms with van der Waals surface area (Å²) in [6.07, 6.45) is 11.0. The summed E-state index contributed by atoms with van der Waals surface area (Å²) >= 11 is 0. The third kappa shape index (κ3) is 3.75. The van der Waals surface area contributed by atoms with Crippen molar-refractivity contribution in [2.75, 3.05) is 13.6 Å². The van der Waals surface area contributed by atoms with Crippen LogP contribution in [-0.4, -0.2) is 44.1 Å². The fourth-order valence-electron chi connectivity index (χ4n) is 3.50. The molecule has 1 atom stereocenters. The zero-order chi connectivity index (χ0) is 17.8. The zero-order valence-corrected chi connectivity index (χ0v) is 15.0. The number of hydrogen-bond donors (Lipinski definition) is 0. The number of benzene rings is 1. The summed E-state index contributed by atoms with van der Waals surface area (Å²) in [5, 5.41) is 0. The van der Waals surface area contributed by atoms with Crippen molar-refractivity contribution >= 4 is 0 Å². The monoisotopic (exact) mass is 349 g/mol. The predicted octanol–water partition coefficient (Wildman–Crippen LogP) is 3.62. The van der Waals surface area contributed by atoms with Crippen molar-refractivity contribution < 1.29 is 4.74 Å². The number of likely N-dealkylation sites (tertiary alicyclic amines) is 1. The van der Waals surface area contributed by atoms with Gasteiger partial charge in [-0.2, -0.15) is 0 Å². The van der Waals surface area contributed by atoms with E-state index in [0.29, 0.717) is 17.8 Å². The molecule has 3 aromatic rings. The van der Waals surface area contributed by atoms with Crippen LogP contribution >= 0.6 is 0 Å². The third-order valence-corrected chi connectivity index (χ3v) is 4.95. The summed E-state index contributed by atoms with van der Waals surface area (Å²) in [6, 6.07) is 10.7. The highest BCUT2D eigenvalue weighted by Crippen LogP contribution is 2.24. The Bertz CT molecular complexity index is 831. The van der Waals surface area contributed by atoms with E-state index in [-0.39, 0.29) is 0 Å². The van der Waals surface area contributed by atoms with Crippen LogP contribution in [0.4, 0.5) is 0 Å². The summed E-state index contributed by atoms with van der Waals surface area (Å²) < 4.78 is 7.89. The number of ether oxygens (including phenoxy) is 1. The highest BCUT2D eigenvalue weighted by molar-refractivity contribution is 5.57. The molecule has 6 nitrogen and oxygen atoms in total. The molecule has 134 valence electrons. The second-order valence-corrected chi connectivity index (χ2v) is 6.67. The van der Waals surface area contributed by atoms with E-state index in [1.807, 2.05) is 30.5 Å². The lowest BCUT2D eigenvalue weighted by Crippen LogP contribution is -2.26. The van der Waals surface area contributed by atoms with Crippen LogP contribution in [0, 0.1) is 0 Å². The Kier molecular flexibility index (Phi) is 4.93. The maximum Gasteiger partial charge on any atom is 0.321 e. The van der Waals surface area contributed by atoms with E-state index in [1.165, 1.54) is 19.4 Å². The topological polar surface area (TPSA) is 56.1 Å². The molecule has 1 aromatic carbocycles. The molecule has 0 amide bonds. The molecule has 6 heteroatoms. The molecule has 2 aromatic heterocycles. The van der Waals surface area contributed by atoms with Crippen molar-refractivity contribution in [3.63, 3.8) is 0 Å². The van der Waals surface area contributed by atoms with Crippen LogP contribution in [0.2, 0.25) is 0 Å². The average Bonchev–Trinajstić information content (AvgIpc) is 3.30. The van der Waals surface area contributed by atoms with Crippen molar-refractivity contribution in [2.24, 2.45) is 0 Å². The summed E-state index contributed by atoms with van der Waals surface area (Å²) in [6.45, 7) is 2.20. The van der Waals surface area contributed by atoms with Gasteiger partial charge >= 0.3 is 6.01 Å². The molecule has 0 saturated carbocycles. The molecule has 1 aliphatic heterocycles. The van der Waals surface area contributed by atoms with Gasteiger partial charge in [0.15, 0.2) is 0 Å². The molecule has 1 aliphatic rings. The Hall–Kier alpha value is -2.73. The van der Waals surface area contributed by atoms with E-state index >= 15 is 0 Å². The highest BCUT2D eigenvalue weighted by atomic mass is 16.5. The molecule has 26 heavy (non-hydrogen) atoms. The summed E-state index contributed by atoms with van der Waals surface area (Å²) in [4.78, 5) is 15.2. The normalized spacial score (nSPS) is 17.5. The smallest absolute Gasteiger partial charge is 0.321 e. The maximum absolute atomic E-state index is 5.65. The fourth-order valence-corrected chi connectivity index (χ4v) is 3.50. The lowest BCUT2D eigenvalue weighted by atomic mass is 10.1. The molecule has 0 N–H and O–H groups in total. The van der Waals surface area contributed by atoms with Crippen LogP contribution in [-0.2, 0) is 6.54 Å². The highest BCUT2D eigenvalue weighted by Gasteiger charge is 2.20. The van der Waals surface area contributed by atoms with E-state index in [1.54, 1.807) is 18.5 Å². The number of nitrogens with zero attached hydrogens (tertiary/aromatic N) is 5. The van der Waals surface area contributed by atoms with Gasteiger partial charge in [0.1, 0.15) is 11.6 Å². The minimum atomic E-state index is 0.349. The molecule has 1 fully saturated rings. The van der Waals surface area contributed by atoms with Crippen molar-refractivity contribution in [3.8, 4) is 23.1 Å². The largest absolute Gasteiger partial charge is 0.424 e. The second-order valence-electron chi connectivity index (χ2n) is 6.67. The Morgan fingerprint density at radius 2 is 1.88 bits per heavy atom. The first kappa shape index (κ1) is 16.7. The molecule has 3 heterocycles. The van der Waals surface area contributed by atoms with Crippen LogP contribution < -0.4 is 4.74 Å². The van der Waals surface area contributed by atoms with Crippen LogP contribution in [0.5, 0.6) is 11.8 Å². The first-order valence-electron chi connectivity index (χ1n) is 9.06. The standard InChI is InChI=1S/C20H23N5O/c1-24-13-2-4-17(24)9-14-25-15-12-21-19(25)16-5-7-18(8-6-16)26-20-22-10-3-11-23-20/h3,5-8,10-12,15,17H,2,4,9,13-14H2,1H3. The maximum atomic E-state index is 5.65. The van der Waals surface area contributed by atoms with Gasteiger partial charge in [0.05, 0.1) is 0 Å². The lowest BCUT2D eigenvalue weighted by molar-refractivity contribution is 0.286. The van der Waals surface area contributed by atoms with E-state index in [4.69, 9.17) is 4.74 Å². The minimum absolute atomic E-state index is 0.349. The Balaban J connectivity index is 1.44. The van der Waals surface area contributed by atoms with Crippen molar-refractivity contribution in [3.05, 3.63) is 55.1 Å². The Labute approximate surface area is 153 Å². The van der Waals surface area contributed by atoms with Gasteiger partial charge in [-0.3, -0.25) is 0 Å². The average molecular weight is 349 g/mol.